The van der Waals surface area contributed by atoms with E-state index in [9.17, 15) is 19.8 Å². The minimum atomic E-state index is -1.79. The molecule has 7 unspecified atom stereocenters. The highest BCUT2D eigenvalue weighted by molar-refractivity contribution is 5.79. The molecule has 0 aromatic rings. The summed E-state index contributed by atoms with van der Waals surface area (Å²) in [4.78, 5) is 19.4. The van der Waals surface area contributed by atoms with Crippen molar-refractivity contribution in [1.82, 2.24) is 0 Å². The Balaban J connectivity index is 0.000000167. The molecule has 4 aliphatic carbocycles. The summed E-state index contributed by atoms with van der Waals surface area (Å²) in [6.07, 6.45) is 4.61. The third kappa shape index (κ3) is 4.38. The second kappa shape index (κ2) is 8.64. The fraction of sp³-hybridized carbons (Fsp3) is 0.917. The van der Waals surface area contributed by atoms with Crippen LogP contribution in [-0.4, -0.2) is 55.8 Å². The third-order valence-electron chi connectivity index (χ3n) is 10.1. The summed E-state index contributed by atoms with van der Waals surface area (Å²) in [5.41, 5.74) is 1.20. The molecule has 7 heteroatoms. The van der Waals surface area contributed by atoms with Crippen LogP contribution in [0.15, 0.2) is 0 Å². The number of aliphatic carboxylic acids is 2. The van der Waals surface area contributed by atoms with Gasteiger partial charge in [-0.1, -0.05) is 41.5 Å². The van der Waals surface area contributed by atoms with Gasteiger partial charge in [-0.05, 0) is 72.0 Å². The van der Waals surface area contributed by atoms with Crippen LogP contribution >= 0.6 is 0 Å². The molecule has 0 heterocycles. The Morgan fingerprint density at radius 3 is 1.26 bits per heavy atom. The monoisotopic (exact) mass is 442 g/mol. The SMILES string of the molecule is CC1(C)C2CCC1(C)C(O)C2.CC1(C)C2CCC1(C)C(O)C2.O=C(O)CC(O)C(=O)O. The lowest BCUT2D eigenvalue weighted by molar-refractivity contribution is -0.152. The first kappa shape index (κ1) is 26.1. The molecule has 5 N–H and O–H groups in total. The first-order valence-corrected chi connectivity index (χ1v) is 11.5. The fourth-order valence-electron chi connectivity index (χ4n) is 6.58. The topological polar surface area (TPSA) is 135 Å². The minimum absolute atomic E-state index is 0.0313. The zero-order chi connectivity index (χ0) is 24.0. The Hall–Kier alpha value is -1.18. The molecule has 7 atom stereocenters. The van der Waals surface area contributed by atoms with Gasteiger partial charge in [-0.2, -0.15) is 0 Å². The van der Waals surface area contributed by atoms with Crippen LogP contribution in [0.25, 0.3) is 0 Å². The normalized spacial score (nSPS) is 41.6. The number of hydrogen-bond acceptors (Lipinski definition) is 5. The average Bonchev–Trinajstić information content (AvgIpc) is 3.14. The summed E-state index contributed by atoms with van der Waals surface area (Å²) < 4.78 is 0. The van der Waals surface area contributed by atoms with Crippen LogP contribution in [0.5, 0.6) is 0 Å². The zero-order valence-electron chi connectivity index (χ0n) is 19.9. The highest BCUT2D eigenvalue weighted by atomic mass is 16.4. The third-order valence-corrected chi connectivity index (χ3v) is 10.1. The van der Waals surface area contributed by atoms with E-state index < -0.39 is 24.5 Å². The molecule has 0 aliphatic heterocycles. The maximum atomic E-state index is 9.81. The fourth-order valence-corrected chi connectivity index (χ4v) is 6.58. The van der Waals surface area contributed by atoms with Gasteiger partial charge in [0.25, 0.3) is 0 Å². The van der Waals surface area contributed by atoms with Crippen molar-refractivity contribution in [3.05, 3.63) is 0 Å². The van der Waals surface area contributed by atoms with Gasteiger partial charge in [0.2, 0.25) is 0 Å². The predicted molar refractivity (Wildman–Crippen MR) is 116 cm³/mol. The van der Waals surface area contributed by atoms with Gasteiger partial charge in [0, 0.05) is 0 Å². The molecular weight excluding hydrogens is 400 g/mol. The summed E-state index contributed by atoms with van der Waals surface area (Å²) in [5.74, 6) is -1.28. The number of carbonyl (C=O) groups is 2. The highest BCUT2D eigenvalue weighted by Crippen LogP contribution is 2.66. The molecule has 0 spiro atoms. The number of rotatable bonds is 3. The number of aliphatic hydroxyl groups is 3. The van der Waals surface area contributed by atoms with Crippen molar-refractivity contribution in [2.24, 2.45) is 33.5 Å². The van der Waals surface area contributed by atoms with Gasteiger partial charge in [0.1, 0.15) is 0 Å². The molecule has 4 fully saturated rings. The van der Waals surface area contributed by atoms with E-state index in [1.165, 1.54) is 25.7 Å². The molecule has 0 aromatic carbocycles. The van der Waals surface area contributed by atoms with Crippen molar-refractivity contribution in [3.63, 3.8) is 0 Å². The van der Waals surface area contributed by atoms with Crippen LogP contribution < -0.4 is 0 Å². The molecule has 0 aromatic heterocycles. The quantitative estimate of drug-likeness (QED) is 0.452. The number of fused-ring (bicyclic) bond motifs is 4. The molecule has 180 valence electrons. The maximum Gasteiger partial charge on any atom is 0.333 e. The van der Waals surface area contributed by atoms with Crippen molar-refractivity contribution >= 4 is 11.9 Å². The molecular formula is C24H42O7. The lowest BCUT2D eigenvalue weighted by atomic mass is 9.70. The van der Waals surface area contributed by atoms with Crippen LogP contribution in [-0.2, 0) is 9.59 Å². The number of hydrogen-bond donors (Lipinski definition) is 5. The van der Waals surface area contributed by atoms with E-state index in [0.29, 0.717) is 10.8 Å². The lowest BCUT2D eigenvalue weighted by Gasteiger charge is -2.36. The predicted octanol–water partition coefficient (Wildman–Crippen LogP) is 3.29. The van der Waals surface area contributed by atoms with Gasteiger partial charge in [-0.25, -0.2) is 4.79 Å². The van der Waals surface area contributed by atoms with Gasteiger partial charge in [0.15, 0.2) is 6.10 Å². The van der Waals surface area contributed by atoms with Gasteiger partial charge in [-0.3, -0.25) is 4.79 Å². The highest BCUT2D eigenvalue weighted by Gasteiger charge is 2.61. The number of carboxylic acid groups (broad SMARTS) is 2. The van der Waals surface area contributed by atoms with E-state index in [2.05, 4.69) is 41.5 Å². The van der Waals surface area contributed by atoms with Gasteiger partial charge >= 0.3 is 11.9 Å². The molecule has 0 saturated heterocycles. The Morgan fingerprint density at radius 2 is 1.16 bits per heavy atom. The Labute approximate surface area is 185 Å². The van der Waals surface area contributed by atoms with E-state index in [1.807, 2.05) is 0 Å². The average molecular weight is 443 g/mol. The Morgan fingerprint density at radius 1 is 0.806 bits per heavy atom. The number of carboxylic acids is 2. The van der Waals surface area contributed by atoms with E-state index in [0.717, 1.165) is 24.7 Å². The molecule has 31 heavy (non-hydrogen) atoms. The molecule has 4 aliphatic rings. The van der Waals surface area contributed by atoms with E-state index >= 15 is 0 Å². The van der Waals surface area contributed by atoms with Crippen LogP contribution in [0, 0.1) is 33.5 Å². The zero-order valence-corrected chi connectivity index (χ0v) is 19.9. The maximum absolute atomic E-state index is 9.81. The standard InChI is InChI=1S/2C10H18O.C4H6O5/c2*1-9(2)7-4-5-10(9,3)8(11)6-7;5-2(4(8)9)1-3(6)7/h2*7-8,11H,4-6H2,1-3H3;2,5H,1H2,(H,6,7)(H,8,9). The first-order valence-electron chi connectivity index (χ1n) is 11.5. The summed E-state index contributed by atoms with van der Waals surface area (Å²) in [6.45, 7) is 13.8. The molecule has 4 saturated carbocycles. The Bertz CT molecular complexity index is 645. The Kier molecular flexibility index (Phi) is 7.26. The van der Waals surface area contributed by atoms with Crippen molar-refractivity contribution in [2.45, 2.75) is 105 Å². The molecule has 4 bridgehead atoms. The summed E-state index contributed by atoms with van der Waals surface area (Å²) >= 11 is 0. The molecule has 4 rings (SSSR count). The smallest absolute Gasteiger partial charge is 0.333 e. The van der Waals surface area contributed by atoms with E-state index in [4.69, 9.17) is 15.3 Å². The summed E-state index contributed by atoms with van der Waals surface area (Å²) in [5, 5.41) is 43.8. The molecule has 7 nitrogen and oxygen atoms in total. The van der Waals surface area contributed by atoms with Gasteiger partial charge in [0.05, 0.1) is 18.6 Å². The van der Waals surface area contributed by atoms with E-state index in [-0.39, 0.29) is 23.0 Å². The van der Waals surface area contributed by atoms with Crippen LogP contribution in [0.2, 0.25) is 0 Å². The summed E-state index contributed by atoms with van der Waals surface area (Å²) in [6, 6.07) is 0. The molecule has 0 radical (unpaired) electrons. The van der Waals surface area contributed by atoms with Crippen molar-refractivity contribution in [2.75, 3.05) is 0 Å². The van der Waals surface area contributed by atoms with Crippen molar-refractivity contribution < 1.29 is 35.1 Å². The van der Waals surface area contributed by atoms with Gasteiger partial charge < -0.3 is 25.5 Å². The first-order chi connectivity index (χ1) is 14.0. The molecule has 0 amide bonds. The van der Waals surface area contributed by atoms with E-state index in [1.54, 1.807) is 0 Å². The summed E-state index contributed by atoms with van der Waals surface area (Å²) in [7, 11) is 0. The van der Waals surface area contributed by atoms with Gasteiger partial charge in [-0.15, -0.1) is 0 Å². The van der Waals surface area contributed by atoms with Crippen molar-refractivity contribution in [1.29, 1.82) is 0 Å². The van der Waals surface area contributed by atoms with Crippen molar-refractivity contribution in [3.8, 4) is 0 Å². The number of aliphatic hydroxyl groups excluding tert-OH is 3. The largest absolute Gasteiger partial charge is 0.481 e. The second-order valence-electron chi connectivity index (χ2n) is 11.7. The second-order valence-corrected chi connectivity index (χ2v) is 11.7. The van der Waals surface area contributed by atoms with Crippen LogP contribution in [0.1, 0.15) is 86.5 Å². The van der Waals surface area contributed by atoms with Crippen LogP contribution in [0.4, 0.5) is 0 Å². The lowest BCUT2D eigenvalue weighted by Crippen LogP contribution is -2.35. The minimum Gasteiger partial charge on any atom is -0.481 e. The van der Waals surface area contributed by atoms with Crippen LogP contribution in [0.3, 0.4) is 0 Å².